The smallest absolute Gasteiger partial charge is 0.363 e. The second kappa shape index (κ2) is 8.04. The zero-order chi connectivity index (χ0) is 20.3. The molecule has 2 aromatic rings. The summed E-state index contributed by atoms with van der Waals surface area (Å²) >= 11 is 0. The number of rotatable bonds is 6. The third kappa shape index (κ3) is 4.25. The van der Waals surface area contributed by atoms with Crippen molar-refractivity contribution in [3.63, 3.8) is 0 Å². The second-order valence-electron chi connectivity index (χ2n) is 6.50. The van der Waals surface area contributed by atoms with Gasteiger partial charge < -0.3 is 9.47 Å². The van der Waals surface area contributed by atoms with Crippen LogP contribution >= 0.6 is 0 Å². The highest BCUT2D eigenvalue weighted by molar-refractivity contribution is 6.13. The maximum Gasteiger partial charge on any atom is 0.363 e. The minimum atomic E-state index is -0.599. The van der Waals surface area contributed by atoms with Gasteiger partial charge in [0.1, 0.15) is 5.75 Å². The fraction of sp³-hybridized carbons (Fsp3) is 0.238. The van der Waals surface area contributed by atoms with Crippen molar-refractivity contribution in [2.24, 2.45) is 4.99 Å². The Balaban J connectivity index is 1.84. The van der Waals surface area contributed by atoms with Gasteiger partial charge in [0.25, 0.3) is 5.69 Å². The Labute approximate surface area is 162 Å². The third-order valence-electron chi connectivity index (χ3n) is 4.37. The molecule has 1 heterocycles. The Morgan fingerprint density at radius 3 is 2.61 bits per heavy atom. The molecule has 0 spiro atoms. The highest BCUT2D eigenvalue weighted by Gasteiger charge is 2.25. The molecule has 7 heteroatoms. The number of hydrogen-bond donors (Lipinski definition) is 0. The standard InChI is InChI=1S/C21H20N2O5/c1-4-14(3)27-17-9-6-15(7-10-17)11-18-21(24)28-20(22-18)16-8-5-13(2)19(12-16)23(25)26/h5-12,14H,4H2,1-3H3/b18-11-. The largest absolute Gasteiger partial charge is 0.491 e. The summed E-state index contributed by atoms with van der Waals surface area (Å²) in [6.45, 7) is 5.69. The Hall–Kier alpha value is -3.48. The topological polar surface area (TPSA) is 91.0 Å². The molecule has 1 atom stereocenters. The molecule has 0 saturated carbocycles. The number of nitrogens with zero attached hydrogens (tertiary/aromatic N) is 2. The number of nitro benzene ring substituents is 1. The number of cyclic esters (lactones) is 1. The van der Waals surface area contributed by atoms with Crippen LogP contribution in [0.15, 0.2) is 53.2 Å². The number of hydrogen-bond acceptors (Lipinski definition) is 6. The fourth-order valence-electron chi connectivity index (χ4n) is 2.59. The van der Waals surface area contributed by atoms with E-state index < -0.39 is 10.9 Å². The molecule has 0 radical (unpaired) electrons. The molecule has 0 amide bonds. The highest BCUT2D eigenvalue weighted by atomic mass is 16.6. The van der Waals surface area contributed by atoms with Gasteiger partial charge in [-0.2, -0.15) is 0 Å². The van der Waals surface area contributed by atoms with Crippen molar-refractivity contribution in [2.45, 2.75) is 33.3 Å². The van der Waals surface area contributed by atoms with Gasteiger partial charge in [-0.15, -0.1) is 0 Å². The lowest BCUT2D eigenvalue weighted by Crippen LogP contribution is -2.09. The van der Waals surface area contributed by atoms with Gasteiger partial charge in [-0.3, -0.25) is 10.1 Å². The van der Waals surface area contributed by atoms with Crippen LogP contribution in [0.2, 0.25) is 0 Å². The summed E-state index contributed by atoms with van der Waals surface area (Å²) in [6, 6.07) is 11.9. The summed E-state index contributed by atoms with van der Waals surface area (Å²) in [7, 11) is 0. The molecule has 0 N–H and O–H groups in total. The number of nitro groups is 1. The SMILES string of the molecule is CCC(C)Oc1ccc(/C=C2\N=C(c3ccc(C)c([N+](=O)[O-])c3)OC2=O)cc1. The van der Waals surface area contributed by atoms with Crippen LogP contribution in [0.3, 0.4) is 0 Å². The van der Waals surface area contributed by atoms with E-state index in [-0.39, 0.29) is 23.4 Å². The van der Waals surface area contributed by atoms with Crippen LogP contribution in [0.4, 0.5) is 5.69 Å². The summed E-state index contributed by atoms with van der Waals surface area (Å²) in [5, 5.41) is 11.1. The fourth-order valence-corrected chi connectivity index (χ4v) is 2.59. The van der Waals surface area contributed by atoms with Crippen molar-refractivity contribution < 1.29 is 19.2 Å². The van der Waals surface area contributed by atoms with Gasteiger partial charge in [0.15, 0.2) is 5.70 Å². The summed E-state index contributed by atoms with van der Waals surface area (Å²) in [4.78, 5) is 27.0. The van der Waals surface area contributed by atoms with Crippen LogP contribution in [0, 0.1) is 17.0 Å². The number of aliphatic imine (C=N–C) groups is 1. The summed E-state index contributed by atoms with van der Waals surface area (Å²) in [6.07, 6.45) is 2.64. The van der Waals surface area contributed by atoms with E-state index in [1.54, 1.807) is 25.1 Å². The first kappa shape index (κ1) is 19.3. The number of carbonyl (C=O) groups excluding carboxylic acids is 1. The second-order valence-corrected chi connectivity index (χ2v) is 6.50. The van der Waals surface area contributed by atoms with Crippen LogP contribution < -0.4 is 4.74 Å². The predicted octanol–water partition coefficient (Wildman–Crippen LogP) is 4.43. The molecule has 144 valence electrons. The van der Waals surface area contributed by atoms with Crippen molar-refractivity contribution >= 4 is 23.6 Å². The van der Waals surface area contributed by atoms with Gasteiger partial charge in [-0.25, -0.2) is 9.79 Å². The molecule has 1 aliphatic heterocycles. The zero-order valence-corrected chi connectivity index (χ0v) is 15.8. The van der Waals surface area contributed by atoms with E-state index in [9.17, 15) is 14.9 Å². The number of carbonyl (C=O) groups is 1. The van der Waals surface area contributed by atoms with E-state index in [2.05, 4.69) is 4.99 Å². The Morgan fingerprint density at radius 1 is 1.25 bits per heavy atom. The van der Waals surface area contributed by atoms with E-state index >= 15 is 0 Å². The third-order valence-corrected chi connectivity index (χ3v) is 4.37. The van der Waals surface area contributed by atoms with Crippen LogP contribution in [0.5, 0.6) is 5.75 Å². The maximum absolute atomic E-state index is 12.1. The van der Waals surface area contributed by atoms with Crippen molar-refractivity contribution in [1.82, 2.24) is 0 Å². The molecule has 28 heavy (non-hydrogen) atoms. The molecule has 0 aliphatic carbocycles. The van der Waals surface area contributed by atoms with Crippen molar-refractivity contribution in [2.75, 3.05) is 0 Å². The van der Waals surface area contributed by atoms with Gasteiger partial charge in [0, 0.05) is 17.2 Å². The zero-order valence-electron chi connectivity index (χ0n) is 15.8. The summed E-state index contributed by atoms with van der Waals surface area (Å²) < 4.78 is 10.9. The lowest BCUT2D eigenvalue weighted by atomic mass is 10.1. The molecule has 1 aliphatic rings. The Kier molecular flexibility index (Phi) is 5.54. The molecule has 0 aromatic heterocycles. The molecule has 7 nitrogen and oxygen atoms in total. The van der Waals surface area contributed by atoms with Crippen LogP contribution in [-0.4, -0.2) is 22.9 Å². The molecular weight excluding hydrogens is 360 g/mol. The van der Waals surface area contributed by atoms with Crippen molar-refractivity contribution in [3.05, 3.63) is 75.0 Å². The molecule has 0 saturated heterocycles. The van der Waals surface area contributed by atoms with E-state index in [4.69, 9.17) is 9.47 Å². The average Bonchev–Trinajstić information content (AvgIpc) is 3.03. The lowest BCUT2D eigenvalue weighted by molar-refractivity contribution is -0.385. The number of aryl methyl sites for hydroxylation is 1. The molecular formula is C21H20N2O5. The van der Waals surface area contributed by atoms with Crippen LogP contribution in [0.25, 0.3) is 6.08 Å². The lowest BCUT2D eigenvalue weighted by Gasteiger charge is -2.12. The average molecular weight is 380 g/mol. The van der Waals surface area contributed by atoms with E-state index in [1.807, 2.05) is 38.1 Å². The maximum atomic E-state index is 12.1. The van der Waals surface area contributed by atoms with E-state index in [0.717, 1.165) is 17.7 Å². The summed E-state index contributed by atoms with van der Waals surface area (Å²) in [5.41, 5.74) is 1.75. The highest BCUT2D eigenvalue weighted by Crippen LogP contribution is 2.24. The van der Waals surface area contributed by atoms with Gasteiger partial charge in [0.05, 0.1) is 11.0 Å². The van der Waals surface area contributed by atoms with Crippen LogP contribution in [-0.2, 0) is 9.53 Å². The van der Waals surface area contributed by atoms with Crippen molar-refractivity contribution in [3.8, 4) is 5.75 Å². The molecule has 3 rings (SSSR count). The monoisotopic (exact) mass is 380 g/mol. The van der Waals surface area contributed by atoms with E-state index in [0.29, 0.717) is 11.1 Å². The number of ether oxygens (including phenoxy) is 2. The predicted molar refractivity (Wildman–Crippen MR) is 105 cm³/mol. The summed E-state index contributed by atoms with van der Waals surface area (Å²) in [5.74, 6) is 0.205. The Bertz CT molecular complexity index is 977. The van der Waals surface area contributed by atoms with Crippen LogP contribution in [0.1, 0.15) is 37.0 Å². The number of esters is 1. The van der Waals surface area contributed by atoms with Gasteiger partial charge in [-0.05, 0) is 50.1 Å². The molecule has 2 aromatic carbocycles. The Morgan fingerprint density at radius 2 is 1.96 bits per heavy atom. The number of benzene rings is 2. The minimum Gasteiger partial charge on any atom is -0.491 e. The molecule has 0 bridgehead atoms. The first-order valence-corrected chi connectivity index (χ1v) is 8.92. The normalized spacial score (nSPS) is 15.9. The first-order valence-electron chi connectivity index (χ1n) is 8.92. The van der Waals surface area contributed by atoms with Gasteiger partial charge in [-0.1, -0.05) is 25.1 Å². The van der Waals surface area contributed by atoms with Gasteiger partial charge >= 0.3 is 5.97 Å². The van der Waals surface area contributed by atoms with Gasteiger partial charge in [0.2, 0.25) is 5.90 Å². The molecule has 0 fully saturated rings. The van der Waals surface area contributed by atoms with Crippen molar-refractivity contribution in [1.29, 1.82) is 0 Å². The molecule has 1 unspecified atom stereocenters. The van der Waals surface area contributed by atoms with E-state index in [1.165, 1.54) is 6.07 Å². The first-order chi connectivity index (χ1) is 13.4. The minimum absolute atomic E-state index is 0.0504. The quantitative estimate of drug-likeness (QED) is 0.320.